The maximum absolute atomic E-state index is 11.9. The van der Waals surface area contributed by atoms with Gasteiger partial charge in [-0.05, 0) is 64.9 Å². The molecular weight excluding hydrogens is 262 g/mol. The van der Waals surface area contributed by atoms with E-state index in [0.29, 0.717) is 17.6 Å². The average Bonchev–Trinajstić information content (AvgIpc) is 2.43. The van der Waals surface area contributed by atoms with Crippen molar-refractivity contribution in [3.63, 3.8) is 0 Å². The Balaban J connectivity index is 1.92. The van der Waals surface area contributed by atoms with Gasteiger partial charge in [-0.1, -0.05) is 0 Å². The van der Waals surface area contributed by atoms with E-state index in [2.05, 4.69) is 29.5 Å². The van der Waals surface area contributed by atoms with E-state index in [4.69, 9.17) is 0 Å². The van der Waals surface area contributed by atoms with E-state index < -0.39 is 0 Å². The fourth-order valence-electron chi connectivity index (χ4n) is 2.72. The molecule has 0 radical (unpaired) electrons. The summed E-state index contributed by atoms with van der Waals surface area (Å²) in [5.74, 6) is -0.00976. The molecule has 0 aromatic heterocycles. The SMILES string of the molecule is CC(C)NC(=O)c1ccc(NC2CCN(C)C(C)C2)cc1. The number of rotatable bonds is 4. The van der Waals surface area contributed by atoms with Gasteiger partial charge >= 0.3 is 0 Å². The zero-order valence-electron chi connectivity index (χ0n) is 13.5. The monoisotopic (exact) mass is 289 g/mol. The molecule has 1 aliphatic heterocycles. The van der Waals surface area contributed by atoms with Crippen LogP contribution < -0.4 is 10.6 Å². The maximum atomic E-state index is 11.9. The topological polar surface area (TPSA) is 44.4 Å². The molecule has 116 valence electrons. The first-order valence-corrected chi connectivity index (χ1v) is 7.83. The molecule has 0 aliphatic carbocycles. The molecule has 0 saturated carbocycles. The normalized spacial score (nSPS) is 23.1. The highest BCUT2D eigenvalue weighted by Crippen LogP contribution is 2.20. The molecule has 1 saturated heterocycles. The smallest absolute Gasteiger partial charge is 0.251 e. The molecule has 2 unspecified atom stereocenters. The Bertz CT molecular complexity index is 469. The lowest BCUT2D eigenvalue weighted by atomic mass is 9.98. The fraction of sp³-hybridized carbons (Fsp3) is 0.588. The number of nitrogens with zero attached hydrogens (tertiary/aromatic N) is 1. The molecule has 4 nitrogen and oxygen atoms in total. The van der Waals surface area contributed by atoms with Crippen LogP contribution in [0, 0.1) is 0 Å². The molecule has 1 amide bonds. The summed E-state index contributed by atoms with van der Waals surface area (Å²) in [4.78, 5) is 14.3. The average molecular weight is 289 g/mol. The summed E-state index contributed by atoms with van der Waals surface area (Å²) < 4.78 is 0. The van der Waals surface area contributed by atoms with E-state index in [1.165, 1.54) is 0 Å². The molecule has 0 spiro atoms. The summed E-state index contributed by atoms with van der Waals surface area (Å²) in [6.45, 7) is 7.34. The molecule has 1 aliphatic rings. The summed E-state index contributed by atoms with van der Waals surface area (Å²) in [7, 11) is 2.18. The van der Waals surface area contributed by atoms with Crippen LogP contribution >= 0.6 is 0 Å². The highest BCUT2D eigenvalue weighted by atomic mass is 16.1. The van der Waals surface area contributed by atoms with Gasteiger partial charge in [0.25, 0.3) is 5.91 Å². The van der Waals surface area contributed by atoms with Gasteiger partial charge in [-0.25, -0.2) is 0 Å². The molecule has 21 heavy (non-hydrogen) atoms. The Hall–Kier alpha value is -1.55. The second-order valence-corrected chi connectivity index (χ2v) is 6.40. The van der Waals surface area contributed by atoms with Gasteiger partial charge in [0.1, 0.15) is 0 Å². The Kier molecular flexibility index (Phi) is 5.23. The Morgan fingerprint density at radius 2 is 1.95 bits per heavy atom. The molecule has 2 rings (SSSR count). The van der Waals surface area contributed by atoms with Gasteiger partial charge in [0, 0.05) is 35.9 Å². The number of anilines is 1. The first kappa shape index (κ1) is 15.8. The van der Waals surface area contributed by atoms with Crippen molar-refractivity contribution in [3.8, 4) is 0 Å². The van der Waals surface area contributed by atoms with Gasteiger partial charge in [-0.2, -0.15) is 0 Å². The van der Waals surface area contributed by atoms with E-state index in [-0.39, 0.29) is 11.9 Å². The second-order valence-electron chi connectivity index (χ2n) is 6.40. The second kappa shape index (κ2) is 6.94. The third-order valence-corrected chi connectivity index (χ3v) is 4.15. The number of carbonyl (C=O) groups excluding carboxylic acids is 1. The lowest BCUT2D eigenvalue weighted by Crippen LogP contribution is -2.42. The van der Waals surface area contributed by atoms with E-state index in [1.807, 2.05) is 38.1 Å². The number of hydrogen-bond acceptors (Lipinski definition) is 3. The predicted octanol–water partition coefficient (Wildman–Crippen LogP) is 2.72. The number of amides is 1. The quantitative estimate of drug-likeness (QED) is 0.896. The van der Waals surface area contributed by atoms with E-state index in [0.717, 1.165) is 25.1 Å². The summed E-state index contributed by atoms with van der Waals surface area (Å²) in [6.07, 6.45) is 2.32. The maximum Gasteiger partial charge on any atom is 0.251 e. The van der Waals surface area contributed by atoms with Gasteiger partial charge < -0.3 is 15.5 Å². The zero-order valence-corrected chi connectivity index (χ0v) is 13.5. The molecule has 1 aromatic rings. The van der Waals surface area contributed by atoms with Gasteiger partial charge in [0.05, 0.1) is 0 Å². The molecule has 0 bridgehead atoms. The van der Waals surface area contributed by atoms with Crippen LogP contribution in [0.5, 0.6) is 0 Å². The third-order valence-electron chi connectivity index (χ3n) is 4.15. The summed E-state index contributed by atoms with van der Waals surface area (Å²) in [5, 5.41) is 6.49. The molecule has 2 atom stereocenters. The van der Waals surface area contributed by atoms with Crippen molar-refractivity contribution in [2.75, 3.05) is 18.9 Å². The van der Waals surface area contributed by atoms with Crippen LogP contribution in [0.3, 0.4) is 0 Å². The predicted molar refractivity (Wildman–Crippen MR) is 87.8 cm³/mol. The number of benzene rings is 1. The van der Waals surface area contributed by atoms with Gasteiger partial charge in [-0.15, -0.1) is 0 Å². The third kappa shape index (κ3) is 4.46. The van der Waals surface area contributed by atoms with Crippen LogP contribution in [0.2, 0.25) is 0 Å². The summed E-state index contributed by atoms with van der Waals surface area (Å²) in [6, 6.07) is 9.07. The van der Waals surface area contributed by atoms with Crippen molar-refractivity contribution in [3.05, 3.63) is 29.8 Å². The minimum atomic E-state index is -0.00976. The standard InChI is InChI=1S/C17H27N3O/c1-12(2)18-17(21)14-5-7-15(8-6-14)19-16-9-10-20(4)13(3)11-16/h5-8,12-13,16,19H,9-11H2,1-4H3,(H,18,21). The van der Waals surface area contributed by atoms with Crippen molar-refractivity contribution in [1.29, 1.82) is 0 Å². The van der Waals surface area contributed by atoms with Crippen molar-refractivity contribution < 1.29 is 4.79 Å². The first-order valence-electron chi connectivity index (χ1n) is 7.83. The van der Waals surface area contributed by atoms with Gasteiger partial charge in [0.2, 0.25) is 0 Å². The number of carbonyl (C=O) groups is 1. The molecule has 2 N–H and O–H groups in total. The number of piperidine rings is 1. The Morgan fingerprint density at radius 1 is 1.29 bits per heavy atom. The fourth-order valence-corrected chi connectivity index (χ4v) is 2.72. The van der Waals surface area contributed by atoms with Crippen molar-refractivity contribution in [1.82, 2.24) is 10.2 Å². The largest absolute Gasteiger partial charge is 0.382 e. The van der Waals surface area contributed by atoms with Crippen molar-refractivity contribution in [2.24, 2.45) is 0 Å². The number of nitrogens with one attached hydrogen (secondary N) is 2. The molecule has 1 fully saturated rings. The summed E-state index contributed by atoms with van der Waals surface area (Å²) >= 11 is 0. The van der Waals surface area contributed by atoms with Crippen molar-refractivity contribution in [2.45, 2.75) is 51.7 Å². The van der Waals surface area contributed by atoms with Gasteiger partial charge in [-0.3, -0.25) is 4.79 Å². The van der Waals surface area contributed by atoms with Crippen LogP contribution in [-0.2, 0) is 0 Å². The van der Waals surface area contributed by atoms with Crippen LogP contribution in [0.1, 0.15) is 44.0 Å². The van der Waals surface area contributed by atoms with Crippen LogP contribution in [0.15, 0.2) is 24.3 Å². The summed E-state index contributed by atoms with van der Waals surface area (Å²) in [5.41, 5.74) is 1.81. The lowest BCUT2D eigenvalue weighted by molar-refractivity contribution is 0.0943. The van der Waals surface area contributed by atoms with Crippen LogP contribution in [0.4, 0.5) is 5.69 Å². The molecule has 1 heterocycles. The first-order chi connectivity index (χ1) is 9.95. The lowest BCUT2D eigenvalue weighted by Gasteiger charge is -2.35. The Morgan fingerprint density at radius 3 is 2.52 bits per heavy atom. The van der Waals surface area contributed by atoms with E-state index in [1.54, 1.807) is 0 Å². The van der Waals surface area contributed by atoms with Crippen molar-refractivity contribution >= 4 is 11.6 Å². The van der Waals surface area contributed by atoms with E-state index >= 15 is 0 Å². The number of likely N-dealkylation sites (tertiary alicyclic amines) is 1. The molecular formula is C17H27N3O. The highest BCUT2D eigenvalue weighted by Gasteiger charge is 2.22. The molecule has 4 heteroatoms. The van der Waals surface area contributed by atoms with Gasteiger partial charge in [0.15, 0.2) is 0 Å². The molecule has 1 aromatic carbocycles. The van der Waals surface area contributed by atoms with Crippen LogP contribution in [-0.4, -0.2) is 42.5 Å². The van der Waals surface area contributed by atoms with E-state index in [9.17, 15) is 4.79 Å². The highest BCUT2D eigenvalue weighted by molar-refractivity contribution is 5.94. The minimum absolute atomic E-state index is 0.00976. The minimum Gasteiger partial charge on any atom is -0.382 e. The van der Waals surface area contributed by atoms with Crippen LogP contribution in [0.25, 0.3) is 0 Å². The Labute approximate surface area is 127 Å². The zero-order chi connectivity index (χ0) is 15.4. The number of hydrogen-bond donors (Lipinski definition) is 2.